The second-order valence-corrected chi connectivity index (χ2v) is 4.19. The van der Waals surface area contributed by atoms with Gasteiger partial charge in [-0.05, 0) is 23.8 Å². The molecular weight excluding hydrogens is 272 g/mol. The van der Waals surface area contributed by atoms with Crippen LogP contribution in [-0.4, -0.2) is 12.0 Å². The van der Waals surface area contributed by atoms with Crippen LogP contribution in [0.25, 0.3) is 0 Å². The smallest absolute Gasteiger partial charge is 0.311 e. The first kappa shape index (κ1) is 14.3. The van der Waals surface area contributed by atoms with Gasteiger partial charge in [-0.15, -0.1) is 0 Å². The molecule has 6 heteroatoms. The summed E-state index contributed by atoms with van der Waals surface area (Å²) in [5, 5.41) is 19.8. The van der Waals surface area contributed by atoms with E-state index in [1.165, 1.54) is 25.3 Å². The first-order valence-corrected chi connectivity index (χ1v) is 6.08. The summed E-state index contributed by atoms with van der Waals surface area (Å²) in [4.78, 5) is 10.5. The van der Waals surface area contributed by atoms with Crippen LogP contribution in [0.5, 0.6) is 11.5 Å². The van der Waals surface area contributed by atoms with Gasteiger partial charge in [0.05, 0.1) is 23.7 Å². The highest BCUT2D eigenvalue weighted by atomic mass is 16.6. The van der Waals surface area contributed by atoms with E-state index < -0.39 is 4.92 Å². The van der Waals surface area contributed by atoms with E-state index in [9.17, 15) is 10.1 Å². The van der Waals surface area contributed by atoms with Crippen molar-refractivity contribution in [3.63, 3.8) is 0 Å². The van der Waals surface area contributed by atoms with Gasteiger partial charge in [-0.3, -0.25) is 10.1 Å². The molecule has 106 valence electrons. The zero-order chi connectivity index (χ0) is 15.2. The predicted molar refractivity (Wildman–Crippen MR) is 75.1 cm³/mol. The van der Waals surface area contributed by atoms with Crippen molar-refractivity contribution in [3.05, 3.63) is 63.7 Å². The lowest BCUT2D eigenvalue weighted by Crippen LogP contribution is -2.00. The molecule has 0 aliphatic rings. The fourth-order valence-corrected chi connectivity index (χ4v) is 1.78. The fraction of sp³-hybridized carbons (Fsp3) is 0.133. The van der Waals surface area contributed by atoms with Gasteiger partial charge >= 0.3 is 5.69 Å². The average Bonchev–Trinajstić information content (AvgIpc) is 2.52. The quantitative estimate of drug-likeness (QED) is 0.622. The van der Waals surface area contributed by atoms with Gasteiger partial charge < -0.3 is 9.47 Å². The summed E-state index contributed by atoms with van der Waals surface area (Å²) in [5.74, 6) is 0.600. The fourth-order valence-electron chi connectivity index (χ4n) is 1.78. The number of nitro benzene ring substituents is 1. The zero-order valence-electron chi connectivity index (χ0n) is 11.3. The molecule has 0 heterocycles. The maximum atomic E-state index is 11.0. The van der Waals surface area contributed by atoms with Crippen molar-refractivity contribution in [1.82, 2.24) is 0 Å². The minimum atomic E-state index is -0.513. The van der Waals surface area contributed by atoms with Crippen molar-refractivity contribution in [1.29, 1.82) is 5.26 Å². The summed E-state index contributed by atoms with van der Waals surface area (Å²) in [6.07, 6.45) is 0. The molecule has 0 fully saturated rings. The summed E-state index contributed by atoms with van der Waals surface area (Å²) >= 11 is 0. The van der Waals surface area contributed by atoms with Crippen molar-refractivity contribution in [2.24, 2.45) is 0 Å². The maximum Gasteiger partial charge on any atom is 0.311 e. The number of hydrogen-bond donors (Lipinski definition) is 0. The number of benzene rings is 2. The lowest BCUT2D eigenvalue weighted by Gasteiger charge is -2.08. The molecule has 2 aromatic carbocycles. The Bertz CT molecular complexity index is 707. The van der Waals surface area contributed by atoms with E-state index in [1.807, 2.05) is 6.07 Å². The molecule has 0 aliphatic carbocycles. The molecular formula is C15H12N2O4. The highest BCUT2D eigenvalue weighted by molar-refractivity contribution is 5.50. The number of methoxy groups -OCH3 is 1. The van der Waals surface area contributed by atoms with Crippen LogP contribution < -0.4 is 9.47 Å². The Morgan fingerprint density at radius 2 is 2.10 bits per heavy atom. The highest BCUT2D eigenvalue weighted by Gasteiger charge is 2.16. The number of rotatable bonds is 5. The van der Waals surface area contributed by atoms with E-state index in [4.69, 9.17) is 14.7 Å². The molecule has 0 atom stereocenters. The molecule has 2 rings (SSSR count). The molecule has 0 aliphatic heterocycles. The largest absolute Gasteiger partial charge is 0.497 e. The number of hydrogen-bond acceptors (Lipinski definition) is 5. The van der Waals surface area contributed by atoms with E-state index in [1.54, 1.807) is 24.3 Å². The van der Waals surface area contributed by atoms with E-state index in [2.05, 4.69) is 0 Å². The summed E-state index contributed by atoms with van der Waals surface area (Å²) in [7, 11) is 1.47. The Morgan fingerprint density at radius 3 is 2.76 bits per heavy atom. The number of nitro groups is 1. The van der Waals surface area contributed by atoms with Crippen molar-refractivity contribution >= 4 is 5.69 Å². The van der Waals surface area contributed by atoms with Crippen LogP contribution >= 0.6 is 0 Å². The zero-order valence-corrected chi connectivity index (χ0v) is 11.3. The van der Waals surface area contributed by atoms with E-state index >= 15 is 0 Å². The molecule has 2 aromatic rings. The minimum Gasteiger partial charge on any atom is -0.497 e. The topological polar surface area (TPSA) is 85.4 Å². The Morgan fingerprint density at radius 1 is 1.29 bits per heavy atom. The van der Waals surface area contributed by atoms with Gasteiger partial charge in [0, 0.05) is 12.1 Å². The van der Waals surface area contributed by atoms with Gasteiger partial charge in [-0.1, -0.05) is 12.1 Å². The summed E-state index contributed by atoms with van der Waals surface area (Å²) in [6.45, 7) is 0.128. The molecule has 6 nitrogen and oxygen atoms in total. The minimum absolute atomic E-state index is 0.127. The van der Waals surface area contributed by atoms with Crippen LogP contribution in [0.4, 0.5) is 5.69 Å². The average molecular weight is 284 g/mol. The molecule has 0 radical (unpaired) electrons. The molecule has 0 spiro atoms. The first-order chi connectivity index (χ1) is 10.1. The third-order valence-electron chi connectivity index (χ3n) is 2.81. The number of nitriles is 1. The SMILES string of the molecule is COc1ccc([N+](=O)[O-])c(OCc2cccc(C#N)c2)c1. The van der Waals surface area contributed by atoms with Gasteiger partial charge in [-0.2, -0.15) is 5.26 Å². The molecule has 0 aromatic heterocycles. The van der Waals surface area contributed by atoms with Crippen molar-refractivity contribution in [2.45, 2.75) is 6.61 Å². The van der Waals surface area contributed by atoms with E-state index in [0.717, 1.165) is 5.56 Å². The monoisotopic (exact) mass is 284 g/mol. The third kappa shape index (κ3) is 3.48. The summed E-state index contributed by atoms with van der Waals surface area (Å²) < 4.78 is 10.5. The van der Waals surface area contributed by atoms with Gasteiger partial charge in [0.2, 0.25) is 5.75 Å². The predicted octanol–water partition coefficient (Wildman–Crippen LogP) is 3.05. The van der Waals surface area contributed by atoms with E-state index in [0.29, 0.717) is 11.3 Å². The van der Waals surface area contributed by atoms with Crippen LogP contribution in [0.15, 0.2) is 42.5 Å². The van der Waals surface area contributed by atoms with Crippen LogP contribution in [0.2, 0.25) is 0 Å². The van der Waals surface area contributed by atoms with Gasteiger partial charge in [0.1, 0.15) is 12.4 Å². The lowest BCUT2D eigenvalue weighted by molar-refractivity contribution is -0.386. The Kier molecular flexibility index (Phi) is 4.36. The molecule has 0 saturated heterocycles. The Balaban J connectivity index is 2.22. The number of ether oxygens (including phenoxy) is 2. The second kappa shape index (κ2) is 6.39. The van der Waals surface area contributed by atoms with Gasteiger partial charge in [-0.25, -0.2) is 0 Å². The highest BCUT2D eigenvalue weighted by Crippen LogP contribution is 2.31. The molecule has 0 saturated carbocycles. The van der Waals surface area contributed by atoms with Crippen LogP contribution in [-0.2, 0) is 6.61 Å². The molecule has 0 amide bonds. The summed E-state index contributed by atoms with van der Waals surface area (Å²) in [5.41, 5.74) is 1.13. The number of nitrogens with zero attached hydrogens (tertiary/aromatic N) is 2. The van der Waals surface area contributed by atoms with Crippen LogP contribution in [0.3, 0.4) is 0 Å². The first-order valence-electron chi connectivity index (χ1n) is 6.08. The maximum absolute atomic E-state index is 11.0. The second-order valence-electron chi connectivity index (χ2n) is 4.19. The van der Waals surface area contributed by atoms with Crippen LogP contribution in [0, 0.1) is 21.4 Å². The van der Waals surface area contributed by atoms with Crippen molar-refractivity contribution in [3.8, 4) is 17.6 Å². The molecule has 21 heavy (non-hydrogen) atoms. The molecule has 0 unspecified atom stereocenters. The van der Waals surface area contributed by atoms with Crippen molar-refractivity contribution < 1.29 is 14.4 Å². The van der Waals surface area contributed by atoms with Gasteiger partial charge in [0.15, 0.2) is 0 Å². The summed E-state index contributed by atoms with van der Waals surface area (Å²) in [6, 6.07) is 13.2. The van der Waals surface area contributed by atoms with Crippen LogP contribution in [0.1, 0.15) is 11.1 Å². The lowest BCUT2D eigenvalue weighted by atomic mass is 10.1. The molecule has 0 N–H and O–H groups in total. The van der Waals surface area contributed by atoms with E-state index in [-0.39, 0.29) is 18.0 Å². The molecule has 0 bridgehead atoms. The third-order valence-corrected chi connectivity index (χ3v) is 2.81. The van der Waals surface area contributed by atoms with Gasteiger partial charge in [0.25, 0.3) is 0 Å². The van der Waals surface area contributed by atoms with Crippen molar-refractivity contribution in [2.75, 3.05) is 7.11 Å². The standard InChI is InChI=1S/C15H12N2O4/c1-20-13-5-6-14(17(18)19)15(8-13)21-10-12-4-2-3-11(7-12)9-16/h2-8H,10H2,1H3. The Labute approximate surface area is 121 Å². The Hall–Kier alpha value is -3.07. The normalized spacial score (nSPS) is 9.71.